The Hall–Kier alpha value is -5.75. The number of hydrazone groups is 1. The van der Waals surface area contributed by atoms with Crippen molar-refractivity contribution in [3.05, 3.63) is 142 Å². The predicted octanol–water partition coefficient (Wildman–Crippen LogP) is 4.05. The third kappa shape index (κ3) is 6.76. The van der Waals surface area contributed by atoms with Gasteiger partial charge in [-0.25, -0.2) is 27.6 Å². The molecule has 0 aliphatic rings. The van der Waals surface area contributed by atoms with E-state index in [0.717, 1.165) is 4.31 Å². The van der Waals surface area contributed by atoms with Crippen LogP contribution in [0.2, 0.25) is 0 Å². The zero-order valence-corrected chi connectivity index (χ0v) is 25.2. The number of carbonyl (C=O) groups excluding carboxylic acids is 2. The topological polar surface area (TPSA) is 132 Å². The normalized spacial score (nSPS) is 11.3. The molecule has 0 fully saturated rings. The number of anilines is 1. The molecule has 1 N–H and O–H groups in total. The highest BCUT2D eigenvalue weighted by molar-refractivity contribution is 7.92. The van der Waals surface area contributed by atoms with Gasteiger partial charge in [0.2, 0.25) is 0 Å². The van der Waals surface area contributed by atoms with Crippen molar-refractivity contribution in [1.82, 2.24) is 14.8 Å². The summed E-state index contributed by atoms with van der Waals surface area (Å²) in [6.07, 6.45) is 1.35. The van der Waals surface area contributed by atoms with Crippen LogP contribution in [0.3, 0.4) is 0 Å². The van der Waals surface area contributed by atoms with Crippen LogP contribution in [-0.2, 0) is 21.9 Å². The first-order valence-corrected chi connectivity index (χ1v) is 15.2. The molecule has 228 valence electrons. The Bertz CT molecular complexity index is 2010. The van der Waals surface area contributed by atoms with Crippen LogP contribution in [0.4, 0.5) is 5.69 Å². The lowest BCUT2D eigenvalue weighted by molar-refractivity contribution is -0.119. The summed E-state index contributed by atoms with van der Waals surface area (Å²) in [6, 6.07) is 31.4. The molecule has 0 atom stereocenters. The number of aromatic nitrogens is 2. The van der Waals surface area contributed by atoms with E-state index < -0.39 is 34.0 Å². The Balaban J connectivity index is 1.36. The maximum atomic E-state index is 13.8. The summed E-state index contributed by atoms with van der Waals surface area (Å²) < 4.78 is 36.7. The highest BCUT2D eigenvalue weighted by Gasteiger charge is 2.33. The zero-order chi connectivity index (χ0) is 32.0. The summed E-state index contributed by atoms with van der Waals surface area (Å²) in [5.74, 6) is -0.942. The van der Waals surface area contributed by atoms with Crippen LogP contribution in [0, 0.1) is 6.92 Å². The first-order chi connectivity index (χ1) is 21.7. The molecule has 12 heteroatoms. The van der Waals surface area contributed by atoms with Gasteiger partial charge in [0, 0.05) is 7.05 Å². The van der Waals surface area contributed by atoms with Crippen LogP contribution >= 0.6 is 0 Å². The van der Waals surface area contributed by atoms with E-state index in [1.807, 2.05) is 0 Å². The lowest BCUT2D eigenvalue weighted by atomic mass is 10.2. The van der Waals surface area contributed by atoms with Crippen LogP contribution in [0.25, 0.3) is 5.69 Å². The third-order valence-electron chi connectivity index (χ3n) is 6.89. The number of nitrogens with zero attached hydrogens (tertiary/aromatic N) is 4. The molecule has 1 aromatic heterocycles. The molecule has 45 heavy (non-hydrogen) atoms. The molecular weight excluding hydrogens is 594 g/mol. The molecule has 0 bridgehead atoms. The summed E-state index contributed by atoms with van der Waals surface area (Å²) >= 11 is 0. The van der Waals surface area contributed by atoms with Gasteiger partial charge in [-0.05, 0) is 73.2 Å². The van der Waals surface area contributed by atoms with E-state index >= 15 is 0 Å². The van der Waals surface area contributed by atoms with Gasteiger partial charge in [0.15, 0.2) is 0 Å². The van der Waals surface area contributed by atoms with E-state index in [1.54, 1.807) is 117 Å². The molecule has 0 aliphatic heterocycles. The van der Waals surface area contributed by atoms with Crippen molar-refractivity contribution in [2.45, 2.75) is 11.8 Å². The first kappa shape index (κ1) is 30.7. The molecule has 11 nitrogen and oxygen atoms in total. The fraction of sp³-hybridized carbons (Fsp3) is 0.0909. The second-order valence-corrected chi connectivity index (χ2v) is 11.7. The van der Waals surface area contributed by atoms with Crippen LogP contribution < -0.4 is 20.0 Å². The highest BCUT2D eigenvalue weighted by Crippen LogP contribution is 2.25. The maximum absolute atomic E-state index is 13.8. The number of esters is 1. The fourth-order valence-corrected chi connectivity index (χ4v) is 6.05. The summed E-state index contributed by atoms with van der Waals surface area (Å²) in [5, 5.41) is 3.95. The van der Waals surface area contributed by atoms with Crippen molar-refractivity contribution < 1.29 is 22.7 Å². The number of nitrogens with one attached hydrogen (secondary N) is 1. The number of para-hydroxylation sites is 1. The van der Waals surface area contributed by atoms with Crippen LogP contribution in [0.5, 0.6) is 5.75 Å². The number of hydrogen-bond acceptors (Lipinski definition) is 7. The Labute approximate surface area is 259 Å². The first-order valence-electron chi connectivity index (χ1n) is 13.8. The average Bonchev–Trinajstić information content (AvgIpc) is 3.28. The molecule has 5 rings (SSSR count). The Kier molecular flexibility index (Phi) is 9.05. The predicted molar refractivity (Wildman–Crippen MR) is 170 cm³/mol. The minimum atomic E-state index is -4.34. The Morgan fingerprint density at radius 2 is 1.44 bits per heavy atom. The van der Waals surface area contributed by atoms with Crippen molar-refractivity contribution in [2.75, 3.05) is 10.8 Å². The van der Waals surface area contributed by atoms with Gasteiger partial charge in [-0.1, -0.05) is 54.6 Å². The molecule has 0 radical (unpaired) electrons. The quantitative estimate of drug-likeness (QED) is 0.108. The van der Waals surface area contributed by atoms with Gasteiger partial charge in [-0.2, -0.15) is 5.10 Å². The average molecular weight is 624 g/mol. The number of benzene rings is 4. The Morgan fingerprint density at radius 3 is 2.07 bits per heavy atom. The number of sulfonamides is 1. The van der Waals surface area contributed by atoms with E-state index in [9.17, 15) is 22.8 Å². The highest BCUT2D eigenvalue weighted by atomic mass is 32.2. The van der Waals surface area contributed by atoms with E-state index in [2.05, 4.69) is 10.5 Å². The smallest absolute Gasteiger partial charge is 0.343 e. The number of rotatable bonds is 10. The monoisotopic (exact) mass is 623 g/mol. The number of hydrogen-bond donors (Lipinski definition) is 1. The van der Waals surface area contributed by atoms with E-state index in [1.165, 1.54) is 27.7 Å². The third-order valence-corrected chi connectivity index (χ3v) is 8.65. The molecule has 0 unspecified atom stereocenters. The number of ether oxygens (including phenoxy) is 1. The molecule has 1 amide bonds. The molecule has 0 saturated carbocycles. The maximum Gasteiger partial charge on any atom is 0.343 e. The van der Waals surface area contributed by atoms with Gasteiger partial charge in [-0.3, -0.25) is 14.3 Å². The van der Waals surface area contributed by atoms with Crippen molar-refractivity contribution >= 4 is 33.8 Å². The van der Waals surface area contributed by atoms with Gasteiger partial charge in [0.25, 0.3) is 21.5 Å². The van der Waals surface area contributed by atoms with E-state index in [4.69, 9.17) is 4.74 Å². The SMILES string of the molecule is Cc1c(N(CC(=O)N/N=C\c2ccc(OC(=O)c3ccccc3)cc2)S(=O)(=O)c2ccccc2)c(=O)n(-c2ccccc2)n1C. The molecule has 0 spiro atoms. The molecule has 1 heterocycles. The summed E-state index contributed by atoms with van der Waals surface area (Å²) in [4.78, 5) is 39.0. The molecule has 0 aliphatic carbocycles. The Morgan fingerprint density at radius 1 is 0.867 bits per heavy atom. The number of carbonyl (C=O) groups is 2. The summed E-state index contributed by atoms with van der Waals surface area (Å²) in [7, 11) is -2.70. The lowest BCUT2D eigenvalue weighted by Crippen LogP contribution is -2.42. The van der Waals surface area contributed by atoms with Crippen molar-refractivity contribution in [1.29, 1.82) is 0 Å². The van der Waals surface area contributed by atoms with Crippen molar-refractivity contribution in [3.63, 3.8) is 0 Å². The zero-order valence-electron chi connectivity index (χ0n) is 24.4. The van der Waals surface area contributed by atoms with E-state index in [-0.39, 0.29) is 10.6 Å². The fourth-order valence-electron chi connectivity index (χ4n) is 4.55. The minimum absolute atomic E-state index is 0.0803. The van der Waals surface area contributed by atoms with Gasteiger partial charge >= 0.3 is 5.97 Å². The molecule has 0 saturated heterocycles. The summed E-state index contributed by atoms with van der Waals surface area (Å²) in [6.45, 7) is 0.901. The molecular formula is C33H29N5O6S. The second kappa shape index (κ2) is 13.3. The van der Waals surface area contributed by atoms with Gasteiger partial charge in [-0.15, -0.1) is 0 Å². The second-order valence-electron chi connectivity index (χ2n) is 9.85. The molecule has 4 aromatic carbocycles. The van der Waals surface area contributed by atoms with Crippen molar-refractivity contribution in [3.8, 4) is 11.4 Å². The van der Waals surface area contributed by atoms with Gasteiger partial charge in [0.1, 0.15) is 18.0 Å². The standard InChI is InChI=1S/C33H29N5O6S/c1-24-31(32(40)38(36(24)2)27-14-8-4-9-15-27)37(45(42,43)29-16-10-5-11-17-29)23-30(39)35-34-22-25-18-20-28(21-19-25)44-33(41)26-12-6-3-7-13-26/h3-22H,23H2,1-2H3,(H,35,39)/b34-22-. The largest absolute Gasteiger partial charge is 0.423 e. The lowest BCUT2D eigenvalue weighted by Gasteiger charge is -2.22. The summed E-state index contributed by atoms with van der Waals surface area (Å²) in [5.41, 5.74) is 3.44. The minimum Gasteiger partial charge on any atom is -0.423 e. The molecule has 5 aromatic rings. The van der Waals surface area contributed by atoms with Gasteiger partial charge < -0.3 is 4.74 Å². The van der Waals surface area contributed by atoms with Crippen LogP contribution in [0.1, 0.15) is 21.6 Å². The van der Waals surface area contributed by atoms with Crippen LogP contribution in [-0.4, -0.2) is 42.4 Å². The van der Waals surface area contributed by atoms with Crippen LogP contribution in [0.15, 0.2) is 130 Å². The van der Waals surface area contributed by atoms with Gasteiger partial charge in [0.05, 0.1) is 28.1 Å². The van der Waals surface area contributed by atoms with E-state index in [0.29, 0.717) is 28.3 Å². The number of amides is 1. The van der Waals surface area contributed by atoms with Crippen molar-refractivity contribution in [2.24, 2.45) is 12.1 Å².